The third kappa shape index (κ3) is 2.98. The molecule has 31 heavy (non-hydrogen) atoms. The summed E-state index contributed by atoms with van der Waals surface area (Å²) in [6.45, 7) is 4.17. The molecule has 2 aliphatic rings. The van der Waals surface area contributed by atoms with Gasteiger partial charge in [-0.05, 0) is 46.9 Å². The first kappa shape index (κ1) is 19.6. The molecule has 0 radical (unpaired) electrons. The zero-order chi connectivity index (χ0) is 21.7. The molecule has 0 saturated carbocycles. The Kier molecular flexibility index (Phi) is 4.67. The minimum atomic E-state index is -0.637. The van der Waals surface area contributed by atoms with Crippen LogP contribution in [0.1, 0.15) is 21.5 Å². The summed E-state index contributed by atoms with van der Waals surface area (Å²) in [6, 6.07) is 14.6. The molecule has 2 N–H and O–H groups in total. The van der Waals surface area contributed by atoms with E-state index in [-0.39, 0.29) is 11.5 Å². The molecule has 0 fully saturated rings. The van der Waals surface area contributed by atoms with Gasteiger partial charge in [-0.25, -0.2) is 4.39 Å². The molecule has 2 amide bonds. The van der Waals surface area contributed by atoms with Crippen LogP contribution in [0.15, 0.2) is 66.1 Å². The highest BCUT2D eigenvalue weighted by Gasteiger charge is 2.31. The zero-order valence-electron chi connectivity index (χ0n) is 16.7. The fourth-order valence-electron chi connectivity index (χ4n) is 4.55. The molecule has 3 aromatic rings. The maximum absolute atomic E-state index is 15.6. The molecule has 4 nitrogen and oxygen atoms in total. The molecule has 5 rings (SSSR count). The van der Waals surface area contributed by atoms with Gasteiger partial charge in [-0.15, -0.1) is 11.8 Å². The van der Waals surface area contributed by atoms with Gasteiger partial charge in [0.05, 0.1) is 5.69 Å². The Morgan fingerprint density at radius 1 is 1.10 bits per heavy atom. The number of rotatable bonds is 3. The number of carbonyl (C=O) groups is 2. The molecule has 6 heteroatoms. The lowest BCUT2D eigenvalue weighted by molar-refractivity contribution is -0.114. The maximum atomic E-state index is 15.6. The number of amides is 2. The van der Waals surface area contributed by atoms with E-state index < -0.39 is 11.7 Å². The van der Waals surface area contributed by atoms with Gasteiger partial charge in [0.25, 0.3) is 0 Å². The van der Waals surface area contributed by atoms with Crippen LogP contribution in [0.2, 0.25) is 0 Å². The highest BCUT2D eigenvalue weighted by atomic mass is 32.2. The standard InChI is InChI=1S/C25H19FN2O2S/c1-2-21(29)28-10-11-31-24-16(8-5-9-20(24)28)23-19(26)13-18(25(27)30)17-12-14-6-3-4-7-15(14)22(17)23/h2-9,13H,1,10-12H2,(H2,27,30). The van der Waals surface area contributed by atoms with E-state index in [4.69, 9.17) is 5.73 Å². The van der Waals surface area contributed by atoms with Gasteiger partial charge < -0.3 is 10.6 Å². The minimum Gasteiger partial charge on any atom is -0.366 e. The van der Waals surface area contributed by atoms with Crippen LogP contribution in [0.5, 0.6) is 0 Å². The van der Waals surface area contributed by atoms with Gasteiger partial charge in [0, 0.05) is 33.9 Å². The number of nitrogens with two attached hydrogens (primary N) is 1. The third-order valence-corrected chi connectivity index (χ3v) is 6.97. The van der Waals surface area contributed by atoms with Crippen LogP contribution < -0.4 is 10.6 Å². The number of thioether (sulfide) groups is 1. The molecular weight excluding hydrogens is 411 g/mol. The highest BCUT2D eigenvalue weighted by molar-refractivity contribution is 7.99. The van der Waals surface area contributed by atoms with Crippen LogP contribution in [-0.2, 0) is 11.2 Å². The van der Waals surface area contributed by atoms with Gasteiger partial charge >= 0.3 is 0 Å². The summed E-state index contributed by atoms with van der Waals surface area (Å²) in [7, 11) is 0. The third-order valence-electron chi connectivity index (χ3n) is 5.86. The maximum Gasteiger partial charge on any atom is 0.250 e. The zero-order valence-corrected chi connectivity index (χ0v) is 17.5. The van der Waals surface area contributed by atoms with Gasteiger partial charge in [-0.2, -0.15) is 0 Å². The number of hydrogen-bond donors (Lipinski definition) is 1. The predicted molar refractivity (Wildman–Crippen MR) is 122 cm³/mol. The summed E-state index contributed by atoms with van der Waals surface area (Å²) in [5.74, 6) is -0.616. The Morgan fingerprint density at radius 2 is 1.87 bits per heavy atom. The Balaban J connectivity index is 1.81. The Hall–Kier alpha value is -3.38. The number of carbonyl (C=O) groups excluding carboxylic acids is 2. The first-order valence-electron chi connectivity index (χ1n) is 9.94. The predicted octanol–water partition coefficient (Wildman–Crippen LogP) is 4.79. The molecule has 0 saturated heterocycles. The van der Waals surface area contributed by atoms with E-state index in [2.05, 4.69) is 6.58 Å². The van der Waals surface area contributed by atoms with E-state index >= 15 is 4.39 Å². The van der Waals surface area contributed by atoms with Crippen LogP contribution in [0, 0.1) is 5.82 Å². The lowest BCUT2D eigenvalue weighted by Gasteiger charge is -2.30. The average molecular weight is 431 g/mol. The summed E-state index contributed by atoms with van der Waals surface area (Å²) in [4.78, 5) is 27.0. The summed E-state index contributed by atoms with van der Waals surface area (Å²) >= 11 is 1.60. The first-order valence-corrected chi connectivity index (χ1v) is 10.9. The second-order valence-corrected chi connectivity index (χ2v) is 8.63. The van der Waals surface area contributed by atoms with Crippen molar-refractivity contribution in [3.8, 4) is 22.3 Å². The second-order valence-electron chi connectivity index (χ2n) is 7.53. The monoisotopic (exact) mass is 430 g/mol. The number of primary amides is 1. The molecule has 0 unspecified atom stereocenters. The molecule has 1 aliphatic carbocycles. The largest absolute Gasteiger partial charge is 0.366 e. The lowest BCUT2D eigenvalue weighted by atomic mass is 9.90. The van der Waals surface area contributed by atoms with Crippen molar-refractivity contribution in [3.05, 3.63) is 83.7 Å². The van der Waals surface area contributed by atoms with Gasteiger partial charge in [0.15, 0.2) is 0 Å². The Labute approximate surface area is 183 Å². The number of benzene rings is 3. The lowest BCUT2D eigenvalue weighted by Crippen LogP contribution is -2.34. The number of halogens is 1. The van der Waals surface area contributed by atoms with Crippen molar-refractivity contribution < 1.29 is 14.0 Å². The van der Waals surface area contributed by atoms with Crippen molar-refractivity contribution >= 4 is 29.3 Å². The van der Waals surface area contributed by atoms with Crippen LogP contribution in [0.25, 0.3) is 22.3 Å². The van der Waals surface area contributed by atoms with Gasteiger partial charge in [0.1, 0.15) is 5.82 Å². The van der Waals surface area contributed by atoms with Crippen LogP contribution in [0.3, 0.4) is 0 Å². The van der Waals surface area contributed by atoms with Crippen molar-refractivity contribution in [3.63, 3.8) is 0 Å². The van der Waals surface area contributed by atoms with Crippen molar-refractivity contribution in [2.75, 3.05) is 17.2 Å². The molecular formula is C25H19FN2O2S. The van der Waals surface area contributed by atoms with Crippen molar-refractivity contribution in [1.29, 1.82) is 0 Å². The fraction of sp³-hybridized carbons (Fsp3) is 0.120. The van der Waals surface area contributed by atoms with E-state index in [1.54, 1.807) is 16.7 Å². The topological polar surface area (TPSA) is 63.4 Å². The highest BCUT2D eigenvalue weighted by Crippen LogP contribution is 2.50. The Morgan fingerprint density at radius 3 is 2.65 bits per heavy atom. The van der Waals surface area contributed by atoms with Crippen LogP contribution in [0.4, 0.5) is 10.1 Å². The van der Waals surface area contributed by atoms with Crippen molar-refractivity contribution in [2.45, 2.75) is 11.3 Å². The average Bonchev–Trinajstić information content (AvgIpc) is 3.16. The fourth-order valence-corrected chi connectivity index (χ4v) is 5.68. The number of anilines is 1. The Bertz CT molecular complexity index is 1280. The first-order chi connectivity index (χ1) is 15.0. The molecule has 1 aliphatic heterocycles. The van der Waals surface area contributed by atoms with E-state index in [0.29, 0.717) is 35.4 Å². The summed E-state index contributed by atoms with van der Waals surface area (Å²) < 4.78 is 15.6. The van der Waals surface area contributed by atoms with Gasteiger partial charge in [0.2, 0.25) is 11.8 Å². The molecule has 0 aromatic heterocycles. The van der Waals surface area contributed by atoms with Crippen molar-refractivity contribution in [2.24, 2.45) is 5.73 Å². The summed E-state index contributed by atoms with van der Waals surface area (Å²) in [5.41, 5.74) is 11.1. The minimum absolute atomic E-state index is 0.182. The van der Waals surface area contributed by atoms with Gasteiger partial charge in [-0.3, -0.25) is 9.59 Å². The van der Waals surface area contributed by atoms with Crippen molar-refractivity contribution in [1.82, 2.24) is 0 Å². The normalized spacial score (nSPS) is 13.9. The van der Waals surface area contributed by atoms with E-state index in [9.17, 15) is 9.59 Å². The van der Waals surface area contributed by atoms with E-state index in [1.165, 1.54) is 12.1 Å². The number of nitrogens with zero attached hydrogens (tertiary/aromatic N) is 1. The molecule has 1 heterocycles. The van der Waals surface area contributed by atoms with Crippen LogP contribution in [-0.4, -0.2) is 24.1 Å². The van der Waals surface area contributed by atoms with Gasteiger partial charge in [-0.1, -0.05) is 43.0 Å². The molecule has 0 spiro atoms. The van der Waals surface area contributed by atoms with E-state index in [0.717, 1.165) is 27.3 Å². The number of fused-ring (bicyclic) bond motifs is 4. The van der Waals surface area contributed by atoms with E-state index in [1.807, 2.05) is 42.5 Å². The molecule has 154 valence electrons. The molecule has 0 bridgehead atoms. The summed E-state index contributed by atoms with van der Waals surface area (Å²) in [5, 5.41) is 0. The summed E-state index contributed by atoms with van der Waals surface area (Å²) in [6.07, 6.45) is 1.82. The number of hydrogen-bond acceptors (Lipinski definition) is 3. The quantitative estimate of drug-likeness (QED) is 0.476. The van der Waals surface area contributed by atoms with Crippen LogP contribution >= 0.6 is 11.8 Å². The molecule has 0 atom stereocenters. The molecule has 3 aromatic carbocycles. The SMILES string of the molecule is C=CC(=O)N1CCSc2c(-c3c(F)cc(C(N)=O)c4c3-c3ccccc3C4)cccc21. The smallest absolute Gasteiger partial charge is 0.250 e. The second kappa shape index (κ2) is 7.39.